The molecule has 88 valence electrons. The van der Waals surface area contributed by atoms with Crippen molar-refractivity contribution in [2.75, 3.05) is 5.73 Å². The number of ether oxygens (including phenoxy) is 1. The maximum atomic E-state index is 5.59. The first-order valence-corrected chi connectivity index (χ1v) is 5.56. The van der Waals surface area contributed by atoms with Gasteiger partial charge in [-0.2, -0.15) is 0 Å². The summed E-state index contributed by atoms with van der Waals surface area (Å²) < 4.78 is 5.59. The lowest BCUT2D eigenvalue weighted by Crippen LogP contribution is -2.00. The second-order valence-electron chi connectivity index (χ2n) is 3.72. The van der Waals surface area contributed by atoms with E-state index >= 15 is 0 Å². The Balaban J connectivity index is 1.95. The quantitative estimate of drug-likeness (QED) is 0.873. The van der Waals surface area contributed by atoms with Gasteiger partial charge in [0.2, 0.25) is 0 Å². The van der Waals surface area contributed by atoms with E-state index < -0.39 is 0 Å². The van der Waals surface area contributed by atoms with Gasteiger partial charge in [0.25, 0.3) is 0 Å². The van der Waals surface area contributed by atoms with Crippen LogP contribution in [-0.2, 0) is 13.0 Å². The Morgan fingerprint density at radius 2 is 1.88 bits per heavy atom. The highest BCUT2D eigenvalue weighted by Gasteiger charge is 1.98. The van der Waals surface area contributed by atoms with E-state index in [2.05, 4.69) is 29.0 Å². The SMILES string of the molecule is CCc1ccc(OCc2cnc(N)cn2)cc1. The number of rotatable bonds is 4. The van der Waals surface area contributed by atoms with E-state index in [0.29, 0.717) is 12.4 Å². The van der Waals surface area contributed by atoms with Crippen LogP contribution in [0, 0.1) is 0 Å². The van der Waals surface area contributed by atoms with Gasteiger partial charge < -0.3 is 10.5 Å². The molecule has 0 aliphatic heterocycles. The standard InChI is InChI=1S/C13H15N3O/c1-2-10-3-5-12(6-4-10)17-9-11-7-16-13(14)8-15-11/h3-8H,2,9H2,1H3,(H2,14,16). The lowest BCUT2D eigenvalue weighted by molar-refractivity contribution is 0.301. The number of nitrogen functional groups attached to an aromatic ring is 1. The number of nitrogens with zero attached hydrogens (tertiary/aromatic N) is 2. The van der Waals surface area contributed by atoms with Gasteiger partial charge in [-0.3, -0.25) is 4.98 Å². The minimum absolute atomic E-state index is 0.402. The van der Waals surface area contributed by atoms with Crippen LogP contribution < -0.4 is 10.5 Å². The molecule has 0 aliphatic rings. The lowest BCUT2D eigenvalue weighted by Gasteiger charge is -2.06. The van der Waals surface area contributed by atoms with E-state index in [9.17, 15) is 0 Å². The molecule has 2 rings (SSSR count). The summed E-state index contributed by atoms with van der Waals surface area (Å²) in [6, 6.07) is 8.04. The highest BCUT2D eigenvalue weighted by atomic mass is 16.5. The zero-order valence-electron chi connectivity index (χ0n) is 9.76. The summed E-state index contributed by atoms with van der Waals surface area (Å²) in [4.78, 5) is 8.07. The van der Waals surface area contributed by atoms with Crippen molar-refractivity contribution in [2.24, 2.45) is 0 Å². The third-order valence-corrected chi connectivity index (χ3v) is 2.44. The molecule has 0 radical (unpaired) electrons. The van der Waals surface area contributed by atoms with Gasteiger partial charge in [0, 0.05) is 0 Å². The molecule has 17 heavy (non-hydrogen) atoms. The van der Waals surface area contributed by atoms with Crippen LogP contribution >= 0.6 is 0 Å². The second-order valence-corrected chi connectivity index (χ2v) is 3.72. The molecule has 1 aromatic carbocycles. The van der Waals surface area contributed by atoms with Crippen LogP contribution in [0.4, 0.5) is 5.82 Å². The molecule has 4 heteroatoms. The number of nitrogens with two attached hydrogens (primary N) is 1. The molecule has 2 aromatic rings. The third kappa shape index (κ3) is 3.17. The molecule has 1 heterocycles. The van der Waals surface area contributed by atoms with Crippen LogP contribution in [0.2, 0.25) is 0 Å². The molecule has 0 fully saturated rings. The zero-order chi connectivity index (χ0) is 12.1. The van der Waals surface area contributed by atoms with Crippen molar-refractivity contribution >= 4 is 5.82 Å². The first-order valence-electron chi connectivity index (χ1n) is 5.56. The van der Waals surface area contributed by atoms with Crippen LogP contribution in [0.1, 0.15) is 18.2 Å². The Kier molecular flexibility index (Phi) is 3.55. The van der Waals surface area contributed by atoms with Crippen molar-refractivity contribution in [1.82, 2.24) is 9.97 Å². The van der Waals surface area contributed by atoms with E-state index in [1.165, 1.54) is 11.8 Å². The van der Waals surface area contributed by atoms with Crippen LogP contribution in [-0.4, -0.2) is 9.97 Å². The molecule has 0 bridgehead atoms. The monoisotopic (exact) mass is 229 g/mol. The van der Waals surface area contributed by atoms with Crippen LogP contribution in [0.25, 0.3) is 0 Å². The molecule has 0 amide bonds. The van der Waals surface area contributed by atoms with E-state index in [1.807, 2.05) is 12.1 Å². The summed E-state index contributed by atoms with van der Waals surface area (Å²) in [5.74, 6) is 1.25. The van der Waals surface area contributed by atoms with Gasteiger partial charge in [0.05, 0.1) is 18.1 Å². The van der Waals surface area contributed by atoms with E-state index in [0.717, 1.165) is 17.9 Å². The number of aryl methyl sites for hydroxylation is 1. The smallest absolute Gasteiger partial charge is 0.141 e. The molecular weight excluding hydrogens is 214 g/mol. The first-order chi connectivity index (χ1) is 8.28. The summed E-state index contributed by atoms with van der Waals surface area (Å²) in [5.41, 5.74) is 7.51. The predicted molar refractivity (Wildman–Crippen MR) is 66.6 cm³/mol. The molecule has 0 atom stereocenters. The Bertz CT molecular complexity index is 465. The van der Waals surface area contributed by atoms with Crippen molar-refractivity contribution < 1.29 is 4.74 Å². The predicted octanol–water partition coefficient (Wildman–Crippen LogP) is 2.20. The summed E-state index contributed by atoms with van der Waals surface area (Å²) in [5, 5.41) is 0. The van der Waals surface area contributed by atoms with Crippen molar-refractivity contribution in [2.45, 2.75) is 20.0 Å². The van der Waals surface area contributed by atoms with Crippen molar-refractivity contribution in [3.63, 3.8) is 0 Å². The summed E-state index contributed by atoms with van der Waals surface area (Å²) in [6.07, 6.45) is 4.18. The number of benzene rings is 1. The zero-order valence-corrected chi connectivity index (χ0v) is 9.76. The molecule has 0 spiro atoms. The second kappa shape index (κ2) is 5.30. The molecule has 2 N–H and O–H groups in total. The van der Waals surface area contributed by atoms with Gasteiger partial charge >= 0.3 is 0 Å². The van der Waals surface area contributed by atoms with Crippen LogP contribution in [0.15, 0.2) is 36.7 Å². The fraction of sp³-hybridized carbons (Fsp3) is 0.231. The van der Waals surface area contributed by atoms with Gasteiger partial charge in [0.15, 0.2) is 0 Å². The van der Waals surface area contributed by atoms with E-state index in [1.54, 1.807) is 6.20 Å². The Morgan fingerprint density at radius 1 is 1.12 bits per heavy atom. The summed E-state index contributed by atoms with van der Waals surface area (Å²) >= 11 is 0. The minimum atomic E-state index is 0.402. The molecule has 0 saturated carbocycles. The number of aromatic nitrogens is 2. The van der Waals surface area contributed by atoms with Crippen molar-refractivity contribution in [1.29, 1.82) is 0 Å². The molecule has 4 nitrogen and oxygen atoms in total. The van der Waals surface area contributed by atoms with Crippen LogP contribution in [0.5, 0.6) is 5.75 Å². The highest BCUT2D eigenvalue weighted by molar-refractivity contribution is 5.27. The largest absolute Gasteiger partial charge is 0.487 e. The summed E-state index contributed by atoms with van der Waals surface area (Å²) in [7, 11) is 0. The van der Waals surface area contributed by atoms with E-state index in [4.69, 9.17) is 10.5 Å². The average Bonchev–Trinajstić information content (AvgIpc) is 2.39. The summed E-state index contributed by atoms with van der Waals surface area (Å²) in [6.45, 7) is 2.53. The van der Waals surface area contributed by atoms with Gasteiger partial charge in [-0.1, -0.05) is 19.1 Å². The number of hydrogen-bond acceptors (Lipinski definition) is 4. The maximum absolute atomic E-state index is 5.59. The molecule has 1 aromatic heterocycles. The minimum Gasteiger partial charge on any atom is -0.487 e. The van der Waals surface area contributed by atoms with Gasteiger partial charge in [-0.15, -0.1) is 0 Å². The van der Waals surface area contributed by atoms with Crippen molar-refractivity contribution in [3.8, 4) is 5.75 Å². The van der Waals surface area contributed by atoms with Gasteiger partial charge in [-0.25, -0.2) is 4.98 Å². The Hall–Kier alpha value is -2.10. The van der Waals surface area contributed by atoms with Crippen LogP contribution in [0.3, 0.4) is 0 Å². The topological polar surface area (TPSA) is 61.0 Å². The molecule has 0 unspecified atom stereocenters. The maximum Gasteiger partial charge on any atom is 0.141 e. The fourth-order valence-electron chi connectivity index (χ4n) is 1.42. The Labute approximate surface area is 100 Å². The normalized spacial score (nSPS) is 10.2. The average molecular weight is 229 g/mol. The number of anilines is 1. The fourth-order valence-corrected chi connectivity index (χ4v) is 1.42. The van der Waals surface area contributed by atoms with Gasteiger partial charge in [-0.05, 0) is 24.1 Å². The lowest BCUT2D eigenvalue weighted by atomic mass is 10.2. The first kappa shape index (κ1) is 11.4. The Morgan fingerprint density at radius 3 is 2.47 bits per heavy atom. The number of hydrogen-bond donors (Lipinski definition) is 1. The third-order valence-electron chi connectivity index (χ3n) is 2.44. The van der Waals surface area contributed by atoms with Gasteiger partial charge in [0.1, 0.15) is 18.2 Å². The molecular formula is C13H15N3O. The van der Waals surface area contributed by atoms with Crippen molar-refractivity contribution in [3.05, 3.63) is 47.9 Å². The van der Waals surface area contributed by atoms with E-state index in [-0.39, 0.29) is 0 Å². The molecule has 0 aliphatic carbocycles. The highest BCUT2D eigenvalue weighted by Crippen LogP contribution is 2.13. The molecule has 0 saturated heterocycles.